The molecule has 19 heavy (non-hydrogen) atoms. The number of hydrogen-bond acceptors (Lipinski definition) is 6. The minimum Gasteiger partial charge on any atom is -0.385 e. The van der Waals surface area contributed by atoms with E-state index in [1.54, 1.807) is 13.3 Å². The summed E-state index contributed by atoms with van der Waals surface area (Å²) in [4.78, 5) is 4.43. The largest absolute Gasteiger partial charge is 0.385 e. The monoisotopic (exact) mass is 265 g/mol. The van der Waals surface area contributed by atoms with Gasteiger partial charge in [-0.1, -0.05) is 19.3 Å². The minimum absolute atomic E-state index is 0.534. The summed E-state index contributed by atoms with van der Waals surface area (Å²) in [5, 5.41) is 14.6. The van der Waals surface area contributed by atoms with Crippen molar-refractivity contribution in [1.82, 2.24) is 15.2 Å². The van der Waals surface area contributed by atoms with E-state index in [2.05, 4.69) is 25.8 Å². The van der Waals surface area contributed by atoms with E-state index >= 15 is 0 Å². The number of nitrogens with one attached hydrogen (secondary N) is 2. The molecule has 6 nitrogen and oxygen atoms in total. The fourth-order valence-electron chi connectivity index (χ4n) is 2.32. The molecule has 0 saturated heterocycles. The Hall–Kier alpha value is -1.43. The van der Waals surface area contributed by atoms with Gasteiger partial charge in [-0.05, 0) is 19.3 Å². The highest BCUT2D eigenvalue weighted by Crippen LogP contribution is 2.20. The van der Waals surface area contributed by atoms with Crippen LogP contribution in [0, 0.1) is 0 Å². The zero-order valence-electron chi connectivity index (χ0n) is 11.6. The Kier molecular flexibility index (Phi) is 5.81. The van der Waals surface area contributed by atoms with Crippen molar-refractivity contribution in [3.63, 3.8) is 0 Å². The zero-order chi connectivity index (χ0) is 13.3. The van der Waals surface area contributed by atoms with Crippen LogP contribution in [0.2, 0.25) is 0 Å². The summed E-state index contributed by atoms with van der Waals surface area (Å²) in [5.41, 5.74) is 0. The quantitative estimate of drug-likeness (QED) is 0.735. The van der Waals surface area contributed by atoms with Gasteiger partial charge in [0.2, 0.25) is 5.95 Å². The van der Waals surface area contributed by atoms with E-state index in [1.807, 2.05) is 0 Å². The van der Waals surface area contributed by atoms with Crippen molar-refractivity contribution < 1.29 is 4.74 Å². The predicted molar refractivity (Wildman–Crippen MR) is 75.3 cm³/mol. The second-order valence-corrected chi connectivity index (χ2v) is 4.92. The molecule has 1 aliphatic carbocycles. The second kappa shape index (κ2) is 7.89. The summed E-state index contributed by atoms with van der Waals surface area (Å²) in [6.45, 7) is 1.53. The maximum Gasteiger partial charge on any atom is 0.244 e. The van der Waals surface area contributed by atoms with Gasteiger partial charge in [0, 0.05) is 26.3 Å². The molecule has 1 fully saturated rings. The average Bonchev–Trinajstić information content (AvgIpc) is 2.45. The zero-order valence-corrected chi connectivity index (χ0v) is 11.6. The normalized spacial score (nSPS) is 16.3. The smallest absolute Gasteiger partial charge is 0.244 e. The molecule has 0 amide bonds. The fourth-order valence-corrected chi connectivity index (χ4v) is 2.32. The van der Waals surface area contributed by atoms with Crippen molar-refractivity contribution in [3.05, 3.63) is 6.20 Å². The topological polar surface area (TPSA) is 72.0 Å². The van der Waals surface area contributed by atoms with Crippen LogP contribution in [0.5, 0.6) is 0 Å². The van der Waals surface area contributed by atoms with Crippen LogP contribution in [0.15, 0.2) is 6.20 Å². The van der Waals surface area contributed by atoms with Crippen molar-refractivity contribution in [1.29, 1.82) is 0 Å². The lowest BCUT2D eigenvalue weighted by Crippen LogP contribution is -2.23. The molecule has 1 heterocycles. The molecule has 0 aliphatic heterocycles. The standard InChI is InChI=1S/C13H23N5O/c1-19-9-5-8-14-13-17-12(10-15-18-13)16-11-6-3-2-4-7-11/h10-11H,2-9H2,1H3,(H2,14,16,17,18). The van der Waals surface area contributed by atoms with Crippen molar-refractivity contribution >= 4 is 11.8 Å². The Morgan fingerprint density at radius 1 is 1.32 bits per heavy atom. The van der Waals surface area contributed by atoms with E-state index in [0.717, 1.165) is 25.4 Å². The first kappa shape index (κ1) is 14.0. The summed E-state index contributed by atoms with van der Waals surface area (Å²) < 4.78 is 5.00. The van der Waals surface area contributed by atoms with Crippen molar-refractivity contribution in [2.24, 2.45) is 0 Å². The van der Waals surface area contributed by atoms with E-state index in [1.165, 1.54) is 32.1 Å². The number of aromatic nitrogens is 3. The number of anilines is 2. The van der Waals surface area contributed by atoms with Gasteiger partial charge in [-0.2, -0.15) is 10.1 Å². The first-order valence-electron chi connectivity index (χ1n) is 7.07. The highest BCUT2D eigenvalue weighted by atomic mass is 16.5. The van der Waals surface area contributed by atoms with E-state index in [4.69, 9.17) is 4.74 Å². The molecule has 1 aromatic rings. The number of rotatable bonds is 7. The fraction of sp³-hybridized carbons (Fsp3) is 0.769. The van der Waals surface area contributed by atoms with Crippen LogP contribution < -0.4 is 10.6 Å². The maximum absolute atomic E-state index is 5.00. The number of nitrogens with zero attached hydrogens (tertiary/aromatic N) is 3. The van der Waals surface area contributed by atoms with Crippen LogP contribution in [0.4, 0.5) is 11.8 Å². The summed E-state index contributed by atoms with van der Waals surface area (Å²) >= 11 is 0. The molecule has 6 heteroatoms. The Morgan fingerprint density at radius 3 is 2.95 bits per heavy atom. The lowest BCUT2D eigenvalue weighted by molar-refractivity contribution is 0.197. The van der Waals surface area contributed by atoms with Gasteiger partial charge in [0.25, 0.3) is 0 Å². The van der Waals surface area contributed by atoms with Crippen LogP contribution >= 0.6 is 0 Å². The molecule has 0 aromatic carbocycles. The van der Waals surface area contributed by atoms with Crippen molar-refractivity contribution in [2.75, 3.05) is 30.9 Å². The van der Waals surface area contributed by atoms with Gasteiger partial charge >= 0.3 is 0 Å². The first-order chi connectivity index (χ1) is 9.38. The molecule has 106 valence electrons. The van der Waals surface area contributed by atoms with Gasteiger partial charge in [0.05, 0.1) is 6.20 Å². The van der Waals surface area contributed by atoms with Gasteiger partial charge < -0.3 is 15.4 Å². The van der Waals surface area contributed by atoms with Gasteiger partial charge in [-0.3, -0.25) is 0 Å². The molecule has 0 atom stereocenters. The van der Waals surface area contributed by atoms with Gasteiger partial charge in [0.1, 0.15) is 0 Å². The van der Waals surface area contributed by atoms with Gasteiger partial charge in [-0.25, -0.2) is 0 Å². The number of ether oxygens (including phenoxy) is 1. The molecular weight excluding hydrogens is 242 g/mol. The molecule has 1 aromatic heterocycles. The first-order valence-corrected chi connectivity index (χ1v) is 7.07. The van der Waals surface area contributed by atoms with Crippen LogP contribution in [0.1, 0.15) is 38.5 Å². The Morgan fingerprint density at radius 2 is 2.16 bits per heavy atom. The van der Waals surface area contributed by atoms with E-state index in [0.29, 0.717) is 12.0 Å². The average molecular weight is 265 g/mol. The molecule has 0 spiro atoms. The SMILES string of the molecule is COCCCNc1nncc(NC2CCCCC2)n1. The highest BCUT2D eigenvalue weighted by Gasteiger charge is 2.13. The Bertz CT molecular complexity index is 368. The molecule has 2 N–H and O–H groups in total. The van der Waals surface area contributed by atoms with Gasteiger partial charge in [-0.15, -0.1) is 5.10 Å². The minimum atomic E-state index is 0.534. The second-order valence-electron chi connectivity index (χ2n) is 4.92. The van der Waals surface area contributed by atoms with E-state index in [9.17, 15) is 0 Å². The van der Waals surface area contributed by atoms with Gasteiger partial charge in [0.15, 0.2) is 5.82 Å². The summed E-state index contributed by atoms with van der Waals surface area (Å²) in [6, 6.07) is 0.534. The van der Waals surface area contributed by atoms with Crippen LogP contribution in [0.25, 0.3) is 0 Å². The summed E-state index contributed by atoms with van der Waals surface area (Å²) in [6.07, 6.45) is 9.03. The number of hydrogen-bond donors (Lipinski definition) is 2. The molecule has 1 aliphatic rings. The molecule has 2 rings (SSSR count). The van der Waals surface area contributed by atoms with Crippen LogP contribution in [-0.4, -0.2) is 41.5 Å². The van der Waals surface area contributed by atoms with E-state index < -0.39 is 0 Å². The molecular formula is C13H23N5O. The third-order valence-electron chi connectivity index (χ3n) is 3.32. The lowest BCUT2D eigenvalue weighted by atomic mass is 9.96. The van der Waals surface area contributed by atoms with Crippen LogP contribution in [0.3, 0.4) is 0 Å². The Balaban J connectivity index is 1.80. The number of methoxy groups -OCH3 is 1. The third kappa shape index (κ3) is 4.98. The molecule has 1 saturated carbocycles. The summed E-state index contributed by atoms with van der Waals surface area (Å²) in [5.74, 6) is 1.40. The lowest BCUT2D eigenvalue weighted by Gasteiger charge is -2.23. The molecule has 0 unspecified atom stereocenters. The molecule has 0 radical (unpaired) electrons. The van der Waals surface area contributed by atoms with E-state index in [-0.39, 0.29) is 0 Å². The molecule has 0 bridgehead atoms. The maximum atomic E-state index is 5.00. The van der Waals surface area contributed by atoms with Crippen LogP contribution in [-0.2, 0) is 4.74 Å². The predicted octanol–water partition coefficient (Wildman–Crippen LogP) is 2.06. The summed E-state index contributed by atoms with van der Waals surface area (Å²) in [7, 11) is 1.70. The third-order valence-corrected chi connectivity index (χ3v) is 3.32. The van der Waals surface area contributed by atoms with Crippen molar-refractivity contribution in [2.45, 2.75) is 44.6 Å². The highest BCUT2D eigenvalue weighted by molar-refractivity contribution is 5.37. The van der Waals surface area contributed by atoms with Crippen molar-refractivity contribution in [3.8, 4) is 0 Å². The Labute approximate surface area is 114 Å².